The van der Waals surface area contributed by atoms with Crippen molar-refractivity contribution in [3.05, 3.63) is 24.0 Å². The summed E-state index contributed by atoms with van der Waals surface area (Å²) in [6.45, 7) is 3.64. The molecule has 1 amide bonds. The highest BCUT2D eigenvalue weighted by Gasteiger charge is 2.40. The number of likely N-dealkylation sites (N-methyl/N-ethyl adjacent to an activating group) is 2. The standard InChI is InChI=1S/C16H26N4O/c1-5-17-13-7-8-14(18-11-13)15(21)20(4)12-16(19(2)3)9-6-10-16/h7-8,11,17H,5-6,9-10,12H2,1-4H3. The summed E-state index contributed by atoms with van der Waals surface area (Å²) in [6, 6.07) is 3.70. The highest BCUT2D eigenvalue weighted by Crippen LogP contribution is 2.36. The number of aromatic nitrogens is 1. The molecule has 1 aliphatic rings. The Morgan fingerprint density at radius 3 is 2.48 bits per heavy atom. The average Bonchev–Trinajstić information content (AvgIpc) is 2.42. The second-order valence-corrected chi connectivity index (χ2v) is 6.10. The Morgan fingerprint density at radius 2 is 2.05 bits per heavy atom. The number of carbonyl (C=O) groups is 1. The Balaban J connectivity index is 2.01. The summed E-state index contributed by atoms with van der Waals surface area (Å²) in [5.41, 5.74) is 1.60. The lowest BCUT2D eigenvalue weighted by molar-refractivity contribution is 0.0250. The molecule has 1 fully saturated rings. The minimum atomic E-state index is -0.00817. The fourth-order valence-electron chi connectivity index (χ4n) is 2.87. The molecule has 0 radical (unpaired) electrons. The zero-order valence-corrected chi connectivity index (χ0v) is 13.5. The number of nitrogens with zero attached hydrogens (tertiary/aromatic N) is 3. The third-order valence-electron chi connectivity index (χ3n) is 4.47. The number of hydrogen-bond donors (Lipinski definition) is 1. The molecule has 2 rings (SSSR count). The predicted molar refractivity (Wildman–Crippen MR) is 85.6 cm³/mol. The maximum absolute atomic E-state index is 12.5. The normalized spacial score (nSPS) is 16.4. The minimum absolute atomic E-state index is 0.00817. The van der Waals surface area contributed by atoms with Crippen molar-refractivity contribution >= 4 is 11.6 Å². The van der Waals surface area contributed by atoms with Crippen molar-refractivity contribution < 1.29 is 4.79 Å². The molecule has 0 unspecified atom stereocenters. The van der Waals surface area contributed by atoms with Crippen LogP contribution in [-0.2, 0) is 0 Å². The number of pyridine rings is 1. The first-order valence-corrected chi connectivity index (χ1v) is 7.61. The molecule has 0 aliphatic heterocycles. The van der Waals surface area contributed by atoms with Crippen molar-refractivity contribution in [2.75, 3.05) is 39.5 Å². The van der Waals surface area contributed by atoms with Gasteiger partial charge in [-0.05, 0) is 52.4 Å². The van der Waals surface area contributed by atoms with E-state index < -0.39 is 0 Å². The van der Waals surface area contributed by atoms with E-state index in [1.807, 2.05) is 20.0 Å². The minimum Gasteiger partial charge on any atom is -0.384 e. The number of nitrogens with one attached hydrogen (secondary N) is 1. The molecule has 5 heteroatoms. The van der Waals surface area contributed by atoms with Crippen LogP contribution >= 0.6 is 0 Å². The topological polar surface area (TPSA) is 48.5 Å². The van der Waals surface area contributed by atoms with Crippen molar-refractivity contribution in [2.45, 2.75) is 31.7 Å². The molecule has 5 nitrogen and oxygen atoms in total. The zero-order chi connectivity index (χ0) is 15.5. The van der Waals surface area contributed by atoms with Crippen molar-refractivity contribution in [2.24, 2.45) is 0 Å². The van der Waals surface area contributed by atoms with Crippen LogP contribution in [0.1, 0.15) is 36.7 Å². The van der Waals surface area contributed by atoms with Gasteiger partial charge < -0.3 is 15.1 Å². The first kappa shape index (κ1) is 15.8. The van der Waals surface area contributed by atoms with Crippen LogP contribution in [0.2, 0.25) is 0 Å². The molecule has 1 aromatic rings. The number of anilines is 1. The molecule has 0 atom stereocenters. The molecule has 1 N–H and O–H groups in total. The van der Waals surface area contributed by atoms with E-state index in [0.29, 0.717) is 5.69 Å². The van der Waals surface area contributed by atoms with E-state index in [2.05, 4.69) is 29.3 Å². The van der Waals surface area contributed by atoms with Gasteiger partial charge in [0.15, 0.2) is 0 Å². The summed E-state index contributed by atoms with van der Waals surface area (Å²) in [4.78, 5) is 20.8. The van der Waals surface area contributed by atoms with E-state index in [4.69, 9.17) is 0 Å². The second-order valence-electron chi connectivity index (χ2n) is 6.10. The Hall–Kier alpha value is -1.62. The first-order chi connectivity index (χ1) is 9.98. The van der Waals surface area contributed by atoms with Gasteiger partial charge in [0.25, 0.3) is 5.91 Å². The van der Waals surface area contributed by atoms with E-state index >= 15 is 0 Å². The van der Waals surface area contributed by atoms with Gasteiger partial charge in [-0.1, -0.05) is 0 Å². The second kappa shape index (κ2) is 6.43. The van der Waals surface area contributed by atoms with Crippen molar-refractivity contribution in [1.29, 1.82) is 0 Å². The van der Waals surface area contributed by atoms with Gasteiger partial charge in [-0.3, -0.25) is 4.79 Å². The molecular weight excluding hydrogens is 264 g/mol. The van der Waals surface area contributed by atoms with Crippen molar-refractivity contribution in [3.63, 3.8) is 0 Å². The Bertz CT molecular complexity index is 480. The summed E-state index contributed by atoms with van der Waals surface area (Å²) in [7, 11) is 6.06. The van der Waals surface area contributed by atoms with Crippen LogP contribution in [0.25, 0.3) is 0 Å². The molecule has 116 valence electrons. The lowest BCUT2D eigenvalue weighted by Crippen LogP contribution is -2.57. The lowest BCUT2D eigenvalue weighted by atomic mass is 9.75. The van der Waals surface area contributed by atoms with Crippen LogP contribution < -0.4 is 5.32 Å². The van der Waals surface area contributed by atoms with Gasteiger partial charge in [-0.25, -0.2) is 4.98 Å². The van der Waals surface area contributed by atoms with Gasteiger partial charge in [0, 0.05) is 25.7 Å². The van der Waals surface area contributed by atoms with E-state index in [1.165, 1.54) is 6.42 Å². The highest BCUT2D eigenvalue weighted by molar-refractivity contribution is 5.92. The monoisotopic (exact) mass is 290 g/mol. The molecule has 0 spiro atoms. The van der Waals surface area contributed by atoms with Crippen LogP contribution in [0.3, 0.4) is 0 Å². The summed E-state index contributed by atoms with van der Waals surface area (Å²) in [6.07, 6.45) is 5.28. The molecule has 1 aromatic heterocycles. The van der Waals surface area contributed by atoms with Crippen molar-refractivity contribution in [3.8, 4) is 0 Å². The van der Waals surface area contributed by atoms with Gasteiger partial charge in [0.05, 0.1) is 11.9 Å². The van der Waals surface area contributed by atoms with Crippen LogP contribution in [0.4, 0.5) is 5.69 Å². The molecule has 21 heavy (non-hydrogen) atoms. The number of hydrogen-bond acceptors (Lipinski definition) is 4. The van der Waals surface area contributed by atoms with E-state index in [9.17, 15) is 4.79 Å². The predicted octanol–water partition coefficient (Wildman–Crippen LogP) is 2.07. The Labute approximate surface area is 127 Å². The molecule has 1 aliphatic carbocycles. The largest absolute Gasteiger partial charge is 0.384 e. The third-order valence-corrected chi connectivity index (χ3v) is 4.47. The van der Waals surface area contributed by atoms with Crippen LogP contribution in [0, 0.1) is 0 Å². The zero-order valence-electron chi connectivity index (χ0n) is 13.5. The van der Waals surface area contributed by atoms with Crippen LogP contribution in [0.15, 0.2) is 18.3 Å². The fraction of sp³-hybridized carbons (Fsp3) is 0.625. The van der Waals surface area contributed by atoms with Crippen LogP contribution in [-0.4, -0.2) is 60.5 Å². The molecule has 0 saturated heterocycles. The lowest BCUT2D eigenvalue weighted by Gasteiger charge is -2.49. The molecule has 1 saturated carbocycles. The van der Waals surface area contributed by atoms with Gasteiger partial charge in [-0.2, -0.15) is 0 Å². The van der Waals surface area contributed by atoms with Crippen LogP contribution in [0.5, 0.6) is 0 Å². The molecule has 1 heterocycles. The van der Waals surface area contributed by atoms with E-state index in [1.54, 1.807) is 17.2 Å². The summed E-state index contributed by atoms with van der Waals surface area (Å²) < 4.78 is 0. The number of carbonyl (C=O) groups excluding carboxylic acids is 1. The Morgan fingerprint density at radius 1 is 1.33 bits per heavy atom. The van der Waals surface area contributed by atoms with Gasteiger partial charge in [-0.15, -0.1) is 0 Å². The van der Waals surface area contributed by atoms with Gasteiger partial charge >= 0.3 is 0 Å². The number of rotatable bonds is 6. The Kier molecular flexibility index (Phi) is 4.83. The van der Waals surface area contributed by atoms with E-state index in [-0.39, 0.29) is 11.4 Å². The fourth-order valence-corrected chi connectivity index (χ4v) is 2.87. The first-order valence-electron chi connectivity index (χ1n) is 7.61. The van der Waals surface area contributed by atoms with Gasteiger partial charge in [0.1, 0.15) is 5.69 Å². The summed E-state index contributed by atoms with van der Waals surface area (Å²) in [5, 5.41) is 3.18. The van der Waals surface area contributed by atoms with Crippen molar-refractivity contribution in [1.82, 2.24) is 14.8 Å². The van der Waals surface area contributed by atoms with E-state index in [0.717, 1.165) is 31.6 Å². The third kappa shape index (κ3) is 3.35. The quantitative estimate of drug-likeness (QED) is 0.871. The number of amides is 1. The smallest absolute Gasteiger partial charge is 0.272 e. The SMILES string of the molecule is CCNc1ccc(C(=O)N(C)CC2(N(C)C)CCC2)nc1. The summed E-state index contributed by atoms with van der Waals surface area (Å²) in [5.74, 6) is -0.00817. The highest BCUT2D eigenvalue weighted by atomic mass is 16.2. The molecular formula is C16H26N4O. The van der Waals surface area contributed by atoms with Gasteiger partial charge in [0.2, 0.25) is 0 Å². The molecule has 0 bridgehead atoms. The molecule has 0 aromatic carbocycles. The maximum atomic E-state index is 12.5. The summed E-state index contributed by atoms with van der Waals surface area (Å²) >= 11 is 0. The maximum Gasteiger partial charge on any atom is 0.272 e. The average molecular weight is 290 g/mol.